The summed E-state index contributed by atoms with van der Waals surface area (Å²) in [7, 11) is 1.89. The van der Waals surface area contributed by atoms with E-state index in [0.29, 0.717) is 25.6 Å². The minimum atomic E-state index is -0.292. The monoisotopic (exact) mass is 276 g/mol. The van der Waals surface area contributed by atoms with Crippen molar-refractivity contribution in [2.45, 2.75) is 25.9 Å². The van der Waals surface area contributed by atoms with E-state index in [9.17, 15) is 9.90 Å². The number of amides is 1. The van der Waals surface area contributed by atoms with E-state index in [-0.39, 0.29) is 12.0 Å². The second kappa shape index (κ2) is 6.86. The third-order valence-corrected chi connectivity index (χ3v) is 3.76. The molecule has 20 heavy (non-hydrogen) atoms. The smallest absolute Gasteiger partial charge is 0.241 e. The molecule has 1 N–H and O–H groups in total. The third kappa shape index (κ3) is 4.05. The van der Waals surface area contributed by atoms with E-state index in [1.165, 1.54) is 0 Å². The SMILES string of the molecule is CCN(C(=O)CN(C)CC(O)C1CC1)c1ccccc1. The highest BCUT2D eigenvalue weighted by molar-refractivity contribution is 5.94. The van der Waals surface area contributed by atoms with E-state index in [0.717, 1.165) is 18.5 Å². The molecule has 0 heterocycles. The number of benzene rings is 1. The van der Waals surface area contributed by atoms with Crippen LogP contribution in [0.3, 0.4) is 0 Å². The minimum absolute atomic E-state index is 0.0733. The Morgan fingerprint density at radius 3 is 2.55 bits per heavy atom. The number of carbonyl (C=O) groups excluding carboxylic acids is 1. The largest absolute Gasteiger partial charge is 0.392 e. The fourth-order valence-electron chi connectivity index (χ4n) is 2.44. The maximum atomic E-state index is 12.4. The molecule has 1 aromatic carbocycles. The quantitative estimate of drug-likeness (QED) is 0.825. The summed E-state index contributed by atoms with van der Waals surface area (Å²) in [5, 5.41) is 9.92. The average molecular weight is 276 g/mol. The molecular weight excluding hydrogens is 252 g/mol. The van der Waals surface area contributed by atoms with Gasteiger partial charge in [0.05, 0.1) is 12.6 Å². The first-order valence-electron chi connectivity index (χ1n) is 7.33. The number of hydrogen-bond acceptors (Lipinski definition) is 3. The first-order chi connectivity index (χ1) is 9.61. The van der Waals surface area contributed by atoms with Gasteiger partial charge in [-0.25, -0.2) is 0 Å². The second-order valence-corrected chi connectivity index (χ2v) is 5.58. The highest BCUT2D eigenvalue weighted by Gasteiger charge is 2.30. The fourth-order valence-corrected chi connectivity index (χ4v) is 2.44. The molecule has 1 unspecified atom stereocenters. The predicted molar refractivity (Wildman–Crippen MR) is 80.7 cm³/mol. The van der Waals surface area contributed by atoms with Gasteiger partial charge in [0.25, 0.3) is 0 Å². The molecule has 4 nitrogen and oxygen atoms in total. The number of nitrogens with zero attached hydrogens (tertiary/aromatic N) is 2. The van der Waals surface area contributed by atoms with Gasteiger partial charge in [-0.3, -0.25) is 9.69 Å². The minimum Gasteiger partial charge on any atom is -0.392 e. The van der Waals surface area contributed by atoms with Crippen molar-refractivity contribution < 1.29 is 9.90 Å². The van der Waals surface area contributed by atoms with Crippen LogP contribution < -0.4 is 4.90 Å². The van der Waals surface area contributed by atoms with Crippen LogP contribution in [-0.2, 0) is 4.79 Å². The van der Waals surface area contributed by atoms with Gasteiger partial charge in [-0.15, -0.1) is 0 Å². The second-order valence-electron chi connectivity index (χ2n) is 5.58. The number of aliphatic hydroxyl groups is 1. The molecule has 4 heteroatoms. The Morgan fingerprint density at radius 2 is 2.00 bits per heavy atom. The van der Waals surface area contributed by atoms with E-state index in [1.807, 2.05) is 49.2 Å². The summed E-state index contributed by atoms with van der Waals surface area (Å²) in [4.78, 5) is 16.0. The van der Waals surface area contributed by atoms with Crippen molar-refractivity contribution in [3.63, 3.8) is 0 Å². The van der Waals surface area contributed by atoms with Crippen LogP contribution in [0.1, 0.15) is 19.8 Å². The molecule has 1 aliphatic rings. The third-order valence-electron chi connectivity index (χ3n) is 3.76. The molecule has 1 fully saturated rings. The highest BCUT2D eigenvalue weighted by Crippen LogP contribution is 2.32. The maximum Gasteiger partial charge on any atom is 0.241 e. The van der Waals surface area contributed by atoms with Crippen molar-refractivity contribution >= 4 is 11.6 Å². The number of carbonyl (C=O) groups is 1. The van der Waals surface area contributed by atoms with Crippen LogP contribution in [0.2, 0.25) is 0 Å². The maximum absolute atomic E-state index is 12.4. The van der Waals surface area contributed by atoms with Gasteiger partial charge in [-0.1, -0.05) is 18.2 Å². The van der Waals surface area contributed by atoms with Crippen molar-refractivity contribution in [3.8, 4) is 0 Å². The van der Waals surface area contributed by atoms with Crippen LogP contribution in [0, 0.1) is 5.92 Å². The van der Waals surface area contributed by atoms with Crippen LogP contribution in [0.25, 0.3) is 0 Å². The summed E-state index contributed by atoms with van der Waals surface area (Å²) < 4.78 is 0. The molecule has 110 valence electrons. The molecular formula is C16H24N2O2. The molecule has 1 atom stereocenters. The Kier molecular flexibility index (Phi) is 5.15. The zero-order valence-corrected chi connectivity index (χ0v) is 12.3. The first kappa shape index (κ1) is 15.0. The van der Waals surface area contributed by atoms with Crippen LogP contribution in [0.15, 0.2) is 30.3 Å². The van der Waals surface area contributed by atoms with Crippen molar-refractivity contribution in [1.82, 2.24) is 4.90 Å². The van der Waals surface area contributed by atoms with Gasteiger partial charge in [0.1, 0.15) is 0 Å². The average Bonchev–Trinajstić information content (AvgIpc) is 3.24. The van der Waals surface area contributed by atoms with Gasteiger partial charge in [0.2, 0.25) is 5.91 Å². The number of aliphatic hydroxyl groups excluding tert-OH is 1. The van der Waals surface area contributed by atoms with Crippen LogP contribution in [0.5, 0.6) is 0 Å². The lowest BCUT2D eigenvalue weighted by Gasteiger charge is -2.25. The molecule has 1 aliphatic carbocycles. The summed E-state index contributed by atoms with van der Waals surface area (Å²) in [6, 6.07) is 9.71. The summed E-state index contributed by atoms with van der Waals surface area (Å²) in [5.41, 5.74) is 0.927. The van der Waals surface area contributed by atoms with Crippen LogP contribution in [-0.4, -0.2) is 48.7 Å². The van der Waals surface area contributed by atoms with Gasteiger partial charge >= 0.3 is 0 Å². The Bertz CT molecular complexity index is 431. The number of hydrogen-bond donors (Lipinski definition) is 1. The Hall–Kier alpha value is -1.39. The van der Waals surface area contributed by atoms with Crippen molar-refractivity contribution in [2.24, 2.45) is 5.92 Å². The van der Waals surface area contributed by atoms with Crippen molar-refractivity contribution in [1.29, 1.82) is 0 Å². The Labute approximate surface area is 121 Å². The van der Waals surface area contributed by atoms with Crippen molar-refractivity contribution in [2.75, 3.05) is 31.6 Å². The molecule has 0 aliphatic heterocycles. The van der Waals surface area contributed by atoms with E-state index in [1.54, 1.807) is 4.90 Å². The van der Waals surface area contributed by atoms with Crippen LogP contribution >= 0.6 is 0 Å². The highest BCUT2D eigenvalue weighted by atomic mass is 16.3. The molecule has 0 spiro atoms. The Balaban J connectivity index is 1.88. The molecule has 0 bridgehead atoms. The standard InChI is InChI=1S/C16H24N2O2/c1-3-18(14-7-5-4-6-8-14)16(20)12-17(2)11-15(19)13-9-10-13/h4-8,13,15,19H,3,9-12H2,1-2H3. The first-order valence-corrected chi connectivity index (χ1v) is 7.33. The summed E-state index contributed by atoms with van der Waals surface area (Å²) in [6.45, 7) is 3.54. The molecule has 1 aromatic rings. The number of rotatable bonds is 7. The molecule has 2 rings (SSSR count). The van der Waals surface area contributed by atoms with E-state index >= 15 is 0 Å². The van der Waals surface area contributed by atoms with Crippen molar-refractivity contribution in [3.05, 3.63) is 30.3 Å². The van der Waals surface area contributed by atoms with E-state index in [4.69, 9.17) is 0 Å². The van der Waals surface area contributed by atoms with E-state index < -0.39 is 0 Å². The van der Waals surface area contributed by atoms with Gasteiger partial charge < -0.3 is 10.0 Å². The molecule has 1 saturated carbocycles. The van der Waals surface area contributed by atoms with Gasteiger partial charge in [-0.2, -0.15) is 0 Å². The summed E-state index contributed by atoms with van der Waals surface area (Å²) in [5.74, 6) is 0.521. The summed E-state index contributed by atoms with van der Waals surface area (Å²) >= 11 is 0. The molecule has 0 aromatic heterocycles. The van der Waals surface area contributed by atoms with Crippen LogP contribution in [0.4, 0.5) is 5.69 Å². The normalized spacial score (nSPS) is 16.2. The lowest BCUT2D eigenvalue weighted by Crippen LogP contribution is -2.41. The lowest BCUT2D eigenvalue weighted by molar-refractivity contribution is -0.119. The molecule has 1 amide bonds. The van der Waals surface area contributed by atoms with Gasteiger partial charge in [0, 0.05) is 18.8 Å². The van der Waals surface area contributed by atoms with Gasteiger partial charge in [0.15, 0.2) is 0 Å². The number of anilines is 1. The zero-order valence-electron chi connectivity index (χ0n) is 12.3. The number of para-hydroxylation sites is 1. The van der Waals surface area contributed by atoms with Gasteiger partial charge in [-0.05, 0) is 44.9 Å². The lowest BCUT2D eigenvalue weighted by atomic mass is 10.2. The molecule has 0 saturated heterocycles. The molecule has 0 radical (unpaired) electrons. The topological polar surface area (TPSA) is 43.8 Å². The Morgan fingerprint density at radius 1 is 1.35 bits per heavy atom. The zero-order chi connectivity index (χ0) is 14.5. The number of likely N-dealkylation sites (N-methyl/N-ethyl adjacent to an activating group) is 2. The van der Waals surface area contributed by atoms with E-state index in [2.05, 4.69) is 0 Å². The predicted octanol–water partition coefficient (Wildman–Crippen LogP) is 1.74. The summed E-state index contributed by atoms with van der Waals surface area (Å²) in [6.07, 6.45) is 1.95. The fraction of sp³-hybridized carbons (Fsp3) is 0.562.